The summed E-state index contributed by atoms with van der Waals surface area (Å²) in [5.74, 6) is 0.858. The van der Waals surface area contributed by atoms with E-state index in [0.717, 1.165) is 35.1 Å². The van der Waals surface area contributed by atoms with Gasteiger partial charge >= 0.3 is 0 Å². The molecule has 0 unspecified atom stereocenters. The predicted octanol–water partition coefficient (Wildman–Crippen LogP) is 4.13. The van der Waals surface area contributed by atoms with Crippen molar-refractivity contribution in [2.24, 2.45) is 7.05 Å². The van der Waals surface area contributed by atoms with Crippen LogP contribution in [-0.4, -0.2) is 61.8 Å². The van der Waals surface area contributed by atoms with Crippen molar-refractivity contribution >= 4 is 22.8 Å². The molecule has 1 aliphatic heterocycles. The Morgan fingerprint density at radius 2 is 1.85 bits per heavy atom. The lowest BCUT2D eigenvalue weighted by Gasteiger charge is -2.40. The van der Waals surface area contributed by atoms with Gasteiger partial charge in [-0.25, -0.2) is 4.98 Å². The Labute approximate surface area is 199 Å². The SMILES string of the molecule is Cn1c(C(=O)N2CCN(C3CCCCC3)C(=O)C2)nc2c(-c3ccccn3)cc(C3CC3)cc21. The highest BCUT2D eigenvalue weighted by Gasteiger charge is 2.34. The maximum Gasteiger partial charge on any atom is 0.290 e. The molecule has 7 nitrogen and oxygen atoms in total. The lowest BCUT2D eigenvalue weighted by Crippen LogP contribution is -2.56. The molecule has 3 aromatic rings. The summed E-state index contributed by atoms with van der Waals surface area (Å²) >= 11 is 0. The summed E-state index contributed by atoms with van der Waals surface area (Å²) < 4.78 is 1.90. The second-order valence-corrected chi connectivity index (χ2v) is 10.0. The van der Waals surface area contributed by atoms with Crippen molar-refractivity contribution in [1.82, 2.24) is 24.3 Å². The second-order valence-electron chi connectivity index (χ2n) is 10.0. The first kappa shape index (κ1) is 21.3. The van der Waals surface area contributed by atoms with Crippen LogP contribution in [0.3, 0.4) is 0 Å². The van der Waals surface area contributed by atoms with E-state index in [9.17, 15) is 9.59 Å². The fraction of sp³-hybridized carbons (Fsp3) is 0.481. The third-order valence-corrected chi connectivity index (χ3v) is 7.75. The minimum Gasteiger partial charge on any atom is -0.336 e. The summed E-state index contributed by atoms with van der Waals surface area (Å²) in [6, 6.07) is 10.6. The monoisotopic (exact) mass is 457 g/mol. The summed E-state index contributed by atoms with van der Waals surface area (Å²) in [6.45, 7) is 1.31. The number of amides is 2. The van der Waals surface area contributed by atoms with Crippen molar-refractivity contribution in [2.45, 2.75) is 56.9 Å². The van der Waals surface area contributed by atoms with Crippen LogP contribution in [0.5, 0.6) is 0 Å². The van der Waals surface area contributed by atoms with E-state index in [-0.39, 0.29) is 18.4 Å². The molecule has 2 aromatic heterocycles. The number of hydrogen-bond acceptors (Lipinski definition) is 4. The normalized spacial score (nSPS) is 19.7. The zero-order valence-corrected chi connectivity index (χ0v) is 19.7. The van der Waals surface area contributed by atoms with Crippen molar-refractivity contribution in [3.05, 3.63) is 47.9 Å². The summed E-state index contributed by atoms with van der Waals surface area (Å²) in [5.41, 5.74) is 4.85. The molecule has 0 atom stereocenters. The van der Waals surface area contributed by atoms with Gasteiger partial charge in [0.05, 0.1) is 16.7 Å². The molecule has 0 bridgehead atoms. The summed E-state index contributed by atoms with van der Waals surface area (Å²) in [6.07, 6.45) is 10.0. The minimum atomic E-state index is -0.171. The number of aryl methyl sites for hydroxylation is 1. The Bertz CT molecular complexity index is 1240. The number of imidazole rings is 1. The van der Waals surface area contributed by atoms with Gasteiger partial charge in [-0.3, -0.25) is 14.6 Å². The largest absolute Gasteiger partial charge is 0.336 e. The number of nitrogens with zero attached hydrogens (tertiary/aromatic N) is 5. The maximum atomic E-state index is 13.6. The Hall–Kier alpha value is -3.22. The summed E-state index contributed by atoms with van der Waals surface area (Å²) in [5, 5.41) is 0. The topological polar surface area (TPSA) is 71.3 Å². The fourth-order valence-corrected chi connectivity index (χ4v) is 5.65. The van der Waals surface area contributed by atoms with Gasteiger partial charge in [0, 0.05) is 37.9 Å². The molecule has 1 aromatic carbocycles. The average molecular weight is 458 g/mol. The molecule has 34 heavy (non-hydrogen) atoms. The average Bonchev–Trinajstić information content (AvgIpc) is 3.68. The van der Waals surface area contributed by atoms with Crippen LogP contribution in [0.15, 0.2) is 36.5 Å². The van der Waals surface area contributed by atoms with Crippen LogP contribution in [0.2, 0.25) is 0 Å². The van der Waals surface area contributed by atoms with E-state index >= 15 is 0 Å². The van der Waals surface area contributed by atoms with Crippen molar-refractivity contribution in [3.63, 3.8) is 0 Å². The van der Waals surface area contributed by atoms with Crippen LogP contribution in [0, 0.1) is 0 Å². The summed E-state index contributed by atoms with van der Waals surface area (Å²) in [4.78, 5) is 39.6. The predicted molar refractivity (Wildman–Crippen MR) is 130 cm³/mol. The Morgan fingerprint density at radius 1 is 1.03 bits per heavy atom. The third-order valence-electron chi connectivity index (χ3n) is 7.75. The molecule has 3 heterocycles. The van der Waals surface area contributed by atoms with Crippen LogP contribution in [0.25, 0.3) is 22.3 Å². The van der Waals surface area contributed by atoms with Gasteiger partial charge in [0.2, 0.25) is 5.91 Å². The van der Waals surface area contributed by atoms with E-state index < -0.39 is 0 Å². The van der Waals surface area contributed by atoms with Crippen LogP contribution < -0.4 is 0 Å². The Kier molecular flexibility index (Phi) is 5.35. The molecule has 0 N–H and O–H groups in total. The van der Waals surface area contributed by atoms with E-state index in [4.69, 9.17) is 4.98 Å². The first-order valence-corrected chi connectivity index (χ1v) is 12.6. The number of carbonyl (C=O) groups is 2. The van der Waals surface area contributed by atoms with Gasteiger partial charge in [-0.05, 0) is 61.4 Å². The second kappa shape index (κ2) is 8.53. The third kappa shape index (κ3) is 3.77. The van der Waals surface area contributed by atoms with E-state index in [2.05, 4.69) is 17.1 Å². The minimum absolute atomic E-state index is 0.0652. The van der Waals surface area contributed by atoms with E-state index in [1.54, 1.807) is 11.1 Å². The van der Waals surface area contributed by atoms with Gasteiger partial charge in [-0.15, -0.1) is 0 Å². The van der Waals surface area contributed by atoms with Gasteiger partial charge in [0.15, 0.2) is 5.82 Å². The molecular formula is C27H31N5O2. The summed E-state index contributed by atoms with van der Waals surface area (Å²) in [7, 11) is 1.90. The molecule has 2 saturated carbocycles. The highest BCUT2D eigenvalue weighted by molar-refractivity contribution is 6.00. The molecular weight excluding hydrogens is 426 g/mol. The maximum absolute atomic E-state index is 13.6. The molecule has 176 valence electrons. The number of carbonyl (C=O) groups excluding carboxylic acids is 2. The van der Waals surface area contributed by atoms with E-state index in [1.165, 1.54) is 37.7 Å². The molecule has 0 radical (unpaired) electrons. The molecule has 2 aliphatic carbocycles. The van der Waals surface area contributed by atoms with Crippen molar-refractivity contribution in [1.29, 1.82) is 0 Å². The van der Waals surface area contributed by atoms with E-state index in [1.807, 2.05) is 34.7 Å². The molecule has 1 saturated heterocycles. The molecule has 3 aliphatic rings. The highest BCUT2D eigenvalue weighted by atomic mass is 16.2. The van der Waals surface area contributed by atoms with Crippen LogP contribution in [-0.2, 0) is 11.8 Å². The van der Waals surface area contributed by atoms with Crippen molar-refractivity contribution < 1.29 is 9.59 Å². The lowest BCUT2D eigenvalue weighted by atomic mass is 9.93. The number of benzene rings is 1. The first-order valence-electron chi connectivity index (χ1n) is 12.6. The molecule has 2 amide bonds. The van der Waals surface area contributed by atoms with Crippen molar-refractivity contribution in [2.75, 3.05) is 19.6 Å². The van der Waals surface area contributed by atoms with E-state index in [0.29, 0.717) is 30.9 Å². The number of hydrogen-bond donors (Lipinski definition) is 0. The zero-order chi connectivity index (χ0) is 23.2. The smallest absolute Gasteiger partial charge is 0.290 e. The zero-order valence-electron chi connectivity index (χ0n) is 19.7. The molecule has 3 fully saturated rings. The number of fused-ring (bicyclic) bond motifs is 1. The molecule has 0 spiro atoms. The standard InChI is InChI=1S/C27H31N5O2/c1-30-23-16-19(18-10-11-18)15-21(22-9-5-6-12-28-22)25(23)29-26(30)27(34)31-13-14-32(24(33)17-31)20-7-3-2-4-8-20/h5-6,9,12,15-16,18,20H,2-4,7-8,10-11,13-14,17H2,1H3. The number of piperazine rings is 1. The van der Waals surface area contributed by atoms with Gasteiger partial charge in [-0.1, -0.05) is 25.3 Å². The van der Waals surface area contributed by atoms with Gasteiger partial charge in [-0.2, -0.15) is 0 Å². The number of aromatic nitrogens is 3. The first-order chi connectivity index (χ1) is 16.6. The molecule has 6 rings (SSSR count). The van der Waals surface area contributed by atoms with Gasteiger partial charge in [0.1, 0.15) is 6.54 Å². The fourth-order valence-electron chi connectivity index (χ4n) is 5.65. The van der Waals surface area contributed by atoms with Crippen LogP contribution >= 0.6 is 0 Å². The lowest BCUT2D eigenvalue weighted by molar-refractivity contribution is -0.138. The van der Waals surface area contributed by atoms with Gasteiger partial charge < -0.3 is 14.4 Å². The van der Waals surface area contributed by atoms with Gasteiger partial charge in [0.25, 0.3) is 5.91 Å². The highest BCUT2D eigenvalue weighted by Crippen LogP contribution is 2.43. The van der Waals surface area contributed by atoms with Crippen molar-refractivity contribution in [3.8, 4) is 11.3 Å². The Morgan fingerprint density at radius 3 is 2.56 bits per heavy atom. The quantitative estimate of drug-likeness (QED) is 0.591. The number of pyridine rings is 1. The Balaban J connectivity index is 1.31. The molecule has 7 heteroatoms. The van der Waals surface area contributed by atoms with Crippen LogP contribution in [0.4, 0.5) is 0 Å². The van der Waals surface area contributed by atoms with Crippen LogP contribution in [0.1, 0.15) is 67.0 Å². The number of rotatable bonds is 4.